The van der Waals surface area contributed by atoms with Crippen LogP contribution >= 0.6 is 27.5 Å². The number of hydrogen-bond donors (Lipinski definition) is 1. The van der Waals surface area contributed by atoms with Crippen molar-refractivity contribution in [3.05, 3.63) is 27.4 Å². The summed E-state index contributed by atoms with van der Waals surface area (Å²) >= 11 is 9.09. The minimum atomic E-state index is -0.483. The van der Waals surface area contributed by atoms with Crippen LogP contribution in [0.5, 0.6) is 5.75 Å². The van der Waals surface area contributed by atoms with Crippen molar-refractivity contribution in [2.75, 3.05) is 13.2 Å². The van der Waals surface area contributed by atoms with Gasteiger partial charge in [0.25, 0.3) is 0 Å². The molecule has 6 heteroatoms. The summed E-state index contributed by atoms with van der Waals surface area (Å²) in [6.07, 6.45) is 1.73. The van der Waals surface area contributed by atoms with E-state index in [0.29, 0.717) is 22.9 Å². The lowest BCUT2D eigenvalue weighted by Crippen LogP contribution is -2.61. The van der Waals surface area contributed by atoms with E-state index >= 15 is 0 Å². The average Bonchev–Trinajstić information content (AvgIpc) is 2.43. The molecule has 3 atom stereocenters. The molecule has 2 rings (SSSR count). The molecule has 0 aliphatic heterocycles. The second-order valence-electron chi connectivity index (χ2n) is 5.09. The van der Waals surface area contributed by atoms with Crippen LogP contribution in [-0.2, 0) is 4.74 Å². The lowest BCUT2D eigenvalue weighted by molar-refractivity contribution is -0.107. The first-order valence-corrected chi connectivity index (χ1v) is 8.40. The Hall–Kier alpha value is -0.360. The van der Waals surface area contributed by atoms with Gasteiger partial charge in [0.05, 0.1) is 9.50 Å². The Morgan fingerprint density at radius 2 is 2.19 bits per heavy atom. The number of halogens is 3. The molecular weight excluding hydrogens is 361 g/mol. The first-order chi connectivity index (χ1) is 10.1. The van der Waals surface area contributed by atoms with Gasteiger partial charge in [-0.15, -0.1) is 0 Å². The molecule has 1 fully saturated rings. The van der Waals surface area contributed by atoms with Gasteiger partial charge in [0.1, 0.15) is 23.8 Å². The van der Waals surface area contributed by atoms with E-state index in [1.807, 2.05) is 0 Å². The molecule has 0 saturated heterocycles. The second kappa shape index (κ2) is 7.77. The van der Waals surface area contributed by atoms with Crippen LogP contribution in [0.1, 0.15) is 26.7 Å². The van der Waals surface area contributed by atoms with Crippen molar-refractivity contribution in [1.29, 1.82) is 0 Å². The fraction of sp³-hybridized carbons (Fsp3) is 0.600. The topological polar surface area (TPSA) is 30.5 Å². The number of benzene rings is 1. The monoisotopic (exact) mass is 379 g/mol. The minimum absolute atomic E-state index is 0.00413. The van der Waals surface area contributed by atoms with Gasteiger partial charge in [-0.05, 0) is 35.0 Å². The van der Waals surface area contributed by atoms with E-state index in [1.54, 1.807) is 0 Å². The standard InChI is InChI=1S/C15H20BrClFNO2/c1-3-5-20-15-12(19-4-2)8-14(15)21-13-7-11(18)10(17)6-9(13)16/h6-7,12,14-15,19H,3-5,8H2,1-2H3. The summed E-state index contributed by atoms with van der Waals surface area (Å²) in [6, 6.07) is 3.11. The molecule has 1 N–H and O–H groups in total. The van der Waals surface area contributed by atoms with Gasteiger partial charge in [0.15, 0.2) is 0 Å². The van der Waals surface area contributed by atoms with Gasteiger partial charge in [-0.3, -0.25) is 0 Å². The lowest BCUT2D eigenvalue weighted by Gasteiger charge is -2.44. The predicted octanol–water partition coefficient (Wildman–Crippen LogP) is 4.17. The molecule has 0 amide bonds. The Bertz CT molecular complexity index is 489. The van der Waals surface area contributed by atoms with Gasteiger partial charge >= 0.3 is 0 Å². The Morgan fingerprint density at radius 1 is 1.43 bits per heavy atom. The maximum Gasteiger partial charge on any atom is 0.145 e. The number of ether oxygens (including phenoxy) is 2. The molecule has 1 aliphatic rings. The van der Waals surface area contributed by atoms with Crippen LogP contribution in [0.25, 0.3) is 0 Å². The third-order valence-corrected chi connectivity index (χ3v) is 4.39. The molecule has 1 aliphatic carbocycles. The average molecular weight is 381 g/mol. The molecule has 0 spiro atoms. The van der Waals surface area contributed by atoms with Crippen molar-refractivity contribution in [3.63, 3.8) is 0 Å². The van der Waals surface area contributed by atoms with E-state index in [0.717, 1.165) is 19.4 Å². The molecule has 0 bridgehead atoms. The first-order valence-electron chi connectivity index (χ1n) is 7.23. The summed E-state index contributed by atoms with van der Waals surface area (Å²) in [5.41, 5.74) is 0. The van der Waals surface area contributed by atoms with E-state index in [9.17, 15) is 4.39 Å². The number of nitrogens with one attached hydrogen (secondary N) is 1. The third kappa shape index (κ3) is 4.09. The van der Waals surface area contributed by atoms with Gasteiger partial charge < -0.3 is 14.8 Å². The molecule has 3 nitrogen and oxygen atoms in total. The quantitative estimate of drug-likeness (QED) is 0.720. The molecule has 0 aromatic heterocycles. The van der Waals surface area contributed by atoms with Crippen LogP contribution in [0.3, 0.4) is 0 Å². The highest BCUT2D eigenvalue weighted by atomic mass is 79.9. The summed E-state index contributed by atoms with van der Waals surface area (Å²) in [5, 5.41) is 3.46. The molecule has 3 unspecified atom stereocenters. The Balaban J connectivity index is 2.03. The molecule has 1 aromatic rings. The van der Waals surface area contributed by atoms with Crippen LogP contribution in [-0.4, -0.2) is 31.4 Å². The lowest BCUT2D eigenvalue weighted by atomic mass is 9.85. The Labute approximate surface area is 138 Å². The van der Waals surface area contributed by atoms with Crippen LogP contribution in [0, 0.1) is 5.82 Å². The molecule has 0 radical (unpaired) electrons. The highest BCUT2D eigenvalue weighted by Crippen LogP contribution is 2.35. The Morgan fingerprint density at radius 3 is 2.86 bits per heavy atom. The number of hydrogen-bond acceptors (Lipinski definition) is 3. The van der Waals surface area contributed by atoms with Crippen molar-refractivity contribution in [2.45, 2.75) is 44.9 Å². The summed E-state index contributed by atoms with van der Waals surface area (Å²) in [4.78, 5) is 0. The van der Waals surface area contributed by atoms with Gasteiger partial charge in [-0.25, -0.2) is 4.39 Å². The summed E-state index contributed by atoms with van der Waals surface area (Å²) in [6.45, 7) is 5.73. The molecule has 1 saturated carbocycles. The molecule has 118 valence electrons. The zero-order valence-electron chi connectivity index (χ0n) is 12.2. The fourth-order valence-electron chi connectivity index (χ4n) is 2.39. The zero-order chi connectivity index (χ0) is 15.4. The minimum Gasteiger partial charge on any atom is -0.486 e. The van der Waals surface area contributed by atoms with Crippen molar-refractivity contribution in [2.24, 2.45) is 0 Å². The van der Waals surface area contributed by atoms with Gasteiger partial charge in [0.2, 0.25) is 0 Å². The molecule has 1 aromatic carbocycles. The van der Waals surface area contributed by atoms with Crippen LogP contribution < -0.4 is 10.1 Å². The largest absolute Gasteiger partial charge is 0.486 e. The highest BCUT2D eigenvalue weighted by Gasteiger charge is 2.43. The number of likely N-dealkylation sites (N-methyl/N-ethyl adjacent to an activating group) is 1. The van der Waals surface area contributed by atoms with E-state index in [4.69, 9.17) is 21.1 Å². The van der Waals surface area contributed by atoms with Gasteiger partial charge in [0, 0.05) is 25.1 Å². The maximum absolute atomic E-state index is 13.6. The predicted molar refractivity (Wildman–Crippen MR) is 85.6 cm³/mol. The zero-order valence-corrected chi connectivity index (χ0v) is 14.5. The molecule has 21 heavy (non-hydrogen) atoms. The van der Waals surface area contributed by atoms with Gasteiger partial charge in [-0.1, -0.05) is 25.4 Å². The maximum atomic E-state index is 13.6. The van der Waals surface area contributed by atoms with E-state index < -0.39 is 5.82 Å². The van der Waals surface area contributed by atoms with Crippen LogP contribution in [0.4, 0.5) is 4.39 Å². The molecule has 0 heterocycles. The molecular formula is C15H20BrClFNO2. The fourth-order valence-corrected chi connectivity index (χ4v) is 3.13. The summed E-state index contributed by atoms with van der Waals surface area (Å²) in [5.74, 6) is -0.0228. The SMILES string of the molecule is CCCOC1C(NCC)CC1Oc1cc(F)c(Cl)cc1Br. The van der Waals surface area contributed by atoms with Crippen molar-refractivity contribution < 1.29 is 13.9 Å². The second-order valence-corrected chi connectivity index (χ2v) is 6.35. The van der Waals surface area contributed by atoms with E-state index in [1.165, 1.54) is 12.1 Å². The van der Waals surface area contributed by atoms with Crippen molar-refractivity contribution in [3.8, 4) is 5.75 Å². The Kier molecular flexibility index (Phi) is 6.29. The third-order valence-electron chi connectivity index (χ3n) is 3.48. The van der Waals surface area contributed by atoms with Crippen molar-refractivity contribution >= 4 is 27.5 Å². The van der Waals surface area contributed by atoms with Crippen molar-refractivity contribution in [1.82, 2.24) is 5.32 Å². The van der Waals surface area contributed by atoms with E-state index in [-0.39, 0.29) is 17.2 Å². The normalized spacial score (nSPS) is 24.7. The smallest absolute Gasteiger partial charge is 0.145 e. The van der Waals surface area contributed by atoms with Crippen LogP contribution in [0.15, 0.2) is 16.6 Å². The highest BCUT2D eigenvalue weighted by molar-refractivity contribution is 9.10. The van der Waals surface area contributed by atoms with Gasteiger partial charge in [-0.2, -0.15) is 0 Å². The number of rotatable bonds is 7. The van der Waals surface area contributed by atoms with E-state index in [2.05, 4.69) is 35.1 Å². The summed E-state index contributed by atoms with van der Waals surface area (Å²) in [7, 11) is 0. The summed E-state index contributed by atoms with van der Waals surface area (Å²) < 4.78 is 25.9. The first kappa shape index (κ1) is 17.0. The van der Waals surface area contributed by atoms with Crippen LogP contribution in [0.2, 0.25) is 5.02 Å².